The molecule has 0 saturated heterocycles. The predicted molar refractivity (Wildman–Crippen MR) is 185 cm³/mol. The van der Waals surface area contributed by atoms with Crippen LogP contribution >= 0.6 is 7.82 Å². The number of phosphoric ester groups is 1. The molecule has 262 valence electrons. The topological polar surface area (TPSA) is 131 Å². The van der Waals surface area contributed by atoms with Crippen molar-refractivity contribution in [2.24, 2.45) is 5.73 Å². The summed E-state index contributed by atoms with van der Waals surface area (Å²) in [6.07, 6.45) is 32.2. The standard InChI is InChI=1S/C35H71N2O6P/c1-3-5-7-9-11-13-15-16-17-18-19-20-22-24-26-28-34(38)33(32-43-44(40,41)42-31-30-36)37-35(39)29-27-25-23-21-14-12-10-8-6-4-2/h8,10,33-34,38H,3-7,9,11-32,36H2,1-2H3,(H,37,39)(H,40,41)/b10-8-. The van der Waals surface area contributed by atoms with E-state index < -0.39 is 20.0 Å². The lowest BCUT2D eigenvalue weighted by atomic mass is 10.0. The van der Waals surface area contributed by atoms with Gasteiger partial charge in [0.25, 0.3) is 0 Å². The third kappa shape index (κ3) is 29.9. The number of carbonyl (C=O) groups is 1. The monoisotopic (exact) mass is 647 g/mol. The van der Waals surface area contributed by atoms with Gasteiger partial charge in [-0.25, -0.2) is 4.57 Å². The van der Waals surface area contributed by atoms with Crippen LogP contribution in [-0.4, -0.2) is 47.8 Å². The molecule has 0 radical (unpaired) electrons. The zero-order valence-electron chi connectivity index (χ0n) is 28.7. The summed E-state index contributed by atoms with van der Waals surface area (Å²) in [6.45, 7) is 4.13. The molecule has 0 bridgehead atoms. The summed E-state index contributed by atoms with van der Waals surface area (Å²) in [7, 11) is -4.30. The Hall–Kier alpha value is -0.760. The number of nitrogens with one attached hydrogen (secondary N) is 1. The molecule has 0 aromatic rings. The minimum atomic E-state index is -4.30. The maximum Gasteiger partial charge on any atom is 0.472 e. The molecule has 0 aliphatic carbocycles. The Morgan fingerprint density at radius 1 is 0.727 bits per heavy atom. The molecule has 0 aromatic carbocycles. The Kier molecular flexibility index (Phi) is 31.6. The van der Waals surface area contributed by atoms with Crippen LogP contribution in [0.25, 0.3) is 0 Å². The van der Waals surface area contributed by atoms with E-state index in [-0.39, 0.29) is 25.7 Å². The SMILES string of the molecule is CCC/C=C\CCCCCCCC(=O)NC(COP(=O)(O)OCCN)C(O)CCCCCCCCCCCCCCCCC. The molecule has 1 amide bonds. The van der Waals surface area contributed by atoms with Gasteiger partial charge in [-0.15, -0.1) is 0 Å². The molecule has 44 heavy (non-hydrogen) atoms. The molecule has 0 saturated carbocycles. The van der Waals surface area contributed by atoms with E-state index in [0.717, 1.165) is 57.8 Å². The molecular formula is C35H71N2O6P. The zero-order chi connectivity index (χ0) is 32.6. The van der Waals surface area contributed by atoms with E-state index in [1.807, 2.05) is 0 Å². The van der Waals surface area contributed by atoms with E-state index >= 15 is 0 Å². The molecule has 5 N–H and O–H groups in total. The molecule has 0 aliphatic rings. The number of aliphatic hydroxyl groups is 1. The van der Waals surface area contributed by atoms with Crippen molar-refractivity contribution in [2.75, 3.05) is 19.8 Å². The molecule has 0 spiro atoms. The first kappa shape index (κ1) is 43.2. The largest absolute Gasteiger partial charge is 0.472 e. The Balaban J connectivity index is 4.24. The lowest BCUT2D eigenvalue weighted by Crippen LogP contribution is -2.46. The summed E-state index contributed by atoms with van der Waals surface area (Å²) in [4.78, 5) is 22.5. The van der Waals surface area contributed by atoms with Crippen molar-refractivity contribution >= 4 is 13.7 Å². The van der Waals surface area contributed by atoms with Crippen molar-refractivity contribution < 1.29 is 28.4 Å². The van der Waals surface area contributed by atoms with Crippen molar-refractivity contribution in [1.29, 1.82) is 0 Å². The number of nitrogens with two attached hydrogens (primary N) is 1. The quantitative estimate of drug-likeness (QED) is 0.0311. The average molecular weight is 647 g/mol. The molecule has 0 heterocycles. The van der Waals surface area contributed by atoms with E-state index in [9.17, 15) is 19.4 Å². The summed E-state index contributed by atoms with van der Waals surface area (Å²) >= 11 is 0. The van der Waals surface area contributed by atoms with Crippen LogP contribution in [0.4, 0.5) is 0 Å². The van der Waals surface area contributed by atoms with Crippen LogP contribution in [0.2, 0.25) is 0 Å². The van der Waals surface area contributed by atoms with Gasteiger partial charge in [0.2, 0.25) is 5.91 Å². The van der Waals surface area contributed by atoms with Gasteiger partial charge in [0.15, 0.2) is 0 Å². The summed E-state index contributed by atoms with van der Waals surface area (Å²) in [5, 5.41) is 13.7. The zero-order valence-corrected chi connectivity index (χ0v) is 29.6. The van der Waals surface area contributed by atoms with Crippen LogP contribution in [0, 0.1) is 0 Å². The summed E-state index contributed by atoms with van der Waals surface area (Å²) in [6, 6.07) is -0.772. The van der Waals surface area contributed by atoms with Gasteiger partial charge in [0.05, 0.1) is 25.4 Å². The molecule has 9 heteroatoms. The van der Waals surface area contributed by atoms with Gasteiger partial charge in [-0.2, -0.15) is 0 Å². The third-order valence-corrected chi connectivity index (χ3v) is 9.08. The van der Waals surface area contributed by atoms with E-state index in [2.05, 4.69) is 31.3 Å². The number of unbranched alkanes of at least 4 members (excludes halogenated alkanes) is 20. The Morgan fingerprint density at radius 2 is 1.23 bits per heavy atom. The Morgan fingerprint density at radius 3 is 1.77 bits per heavy atom. The average Bonchev–Trinajstić information content (AvgIpc) is 3.01. The highest BCUT2D eigenvalue weighted by molar-refractivity contribution is 7.47. The van der Waals surface area contributed by atoms with E-state index in [0.29, 0.717) is 12.8 Å². The maximum absolute atomic E-state index is 12.6. The first-order valence-electron chi connectivity index (χ1n) is 18.3. The number of allylic oxidation sites excluding steroid dienone is 2. The lowest BCUT2D eigenvalue weighted by Gasteiger charge is -2.25. The van der Waals surface area contributed by atoms with Crippen LogP contribution in [0.3, 0.4) is 0 Å². The Labute approximate surface area is 271 Å². The van der Waals surface area contributed by atoms with Gasteiger partial charge < -0.3 is 21.1 Å². The van der Waals surface area contributed by atoms with Crippen LogP contribution in [0.5, 0.6) is 0 Å². The van der Waals surface area contributed by atoms with Crippen molar-refractivity contribution in [3.8, 4) is 0 Å². The predicted octanol–water partition coefficient (Wildman–Crippen LogP) is 9.27. The van der Waals surface area contributed by atoms with Crippen molar-refractivity contribution in [1.82, 2.24) is 5.32 Å². The van der Waals surface area contributed by atoms with Gasteiger partial charge in [0, 0.05) is 13.0 Å². The van der Waals surface area contributed by atoms with Crippen LogP contribution in [-0.2, 0) is 18.4 Å². The fraction of sp³-hybridized carbons (Fsp3) is 0.914. The second-order valence-electron chi connectivity index (χ2n) is 12.4. The molecule has 0 aliphatic heterocycles. The van der Waals surface area contributed by atoms with E-state index in [1.165, 1.54) is 89.9 Å². The van der Waals surface area contributed by atoms with Crippen LogP contribution in [0.15, 0.2) is 12.2 Å². The van der Waals surface area contributed by atoms with Gasteiger partial charge in [-0.05, 0) is 32.1 Å². The summed E-state index contributed by atoms with van der Waals surface area (Å²) in [5.41, 5.74) is 5.35. The van der Waals surface area contributed by atoms with Crippen molar-refractivity contribution in [3.63, 3.8) is 0 Å². The highest BCUT2D eigenvalue weighted by Gasteiger charge is 2.27. The highest BCUT2D eigenvalue weighted by atomic mass is 31.2. The fourth-order valence-corrected chi connectivity index (χ4v) is 6.07. The first-order chi connectivity index (χ1) is 21.4. The van der Waals surface area contributed by atoms with E-state index in [1.54, 1.807) is 0 Å². The molecule has 0 aromatic heterocycles. The third-order valence-electron chi connectivity index (χ3n) is 8.10. The number of phosphoric acid groups is 1. The molecular weight excluding hydrogens is 575 g/mol. The minimum absolute atomic E-state index is 0.0887. The minimum Gasteiger partial charge on any atom is -0.391 e. The number of rotatable bonds is 34. The first-order valence-corrected chi connectivity index (χ1v) is 19.8. The Bertz CT molecular complexity index is 709. The number of hydrogen-bond donors (Lipinski definition) is 4. The van der Waals surface area contributed by atoms with E-state index in [4.69, 9.17) is 14.8 Å². The van der Waals surface area contributed by atoms with Crippen molar-refractivity contribution in [3.05, 3.63) is 12.2 Å². The number of hydrogen-bond acceptors (Lipinski definition) is 6. The van der Waals surface area contributed by atoms with Gasteiger partial charge in [-0.1, -0.05) is 148 Å². The van der Waals surface area contributed by atoms with Gasteiger partial charge >= 0.3 is 7.82 Å². The van der Waals surface area contributed by atoms with Crippen LogP contribution < -0.4 is 11.1 Å². The summed E-state index contributed by atoms with van der Waals surface area (Å²) in [5.74, 6) is -0.174. The second-order valence-corrected chi connectivity index (χ2v) is 13.9. The number of carbonyl (C=O) groups excluding carboxylic acids is 1. The highest BCUT2D eigenvalue weighted by Crippen LogP contribution is 2.43. The molecule has 0 rings (SSSR count). The maximum atomic E-state index is 12.6. The summed E-state index contributed by atoms with van der Waals surface area (Å²) < 4.78 is 22.0. The fourth-order valence-electron chi connectivity index (χ4n) is 5.31. The molecule has 8 nitrogen and oxygen atoms in total. The van der Waals surface area contributed by atoms with Gasteiger partial charge in [-0.3, -0.25) is 13.8 Å². The van der Waals surface area contributed by atoms with Gasteiger partial charge in [0.1, 0.15) is 0 Å². The normalized spacial score (nSPS) is 14.6. The smallest absolute Gasteiger partial charge is 0.391 e. The number of amides is 1. The van der Waals surface area contributed by atoms with Crippen molar-refractivity contribution in [2.45, 2.75) is 187 Å². The lowest BCUT2D eigenvalue weighted by molar-refractivity contribution is -0.123. The number of aliphatic hydroxyl groups excluding tert-OH is 1. The molecule has 0 fully saturated rings. The second kappa shape index (κ2) is 32.2. The van der Waals surface area contributed by atoms with Crippen LogP contribution in [0.1, 0.15) is 174 Å². The molecule has 3 atom stereocenters. The molecule has 3 unspecified atom stereocenters.